The number of nitro groups is 1. The Bertz CT molecular complexity index is 1140. The number of hydrogen-bond donors (Lipinski definition) is 7. The van der Waals surface area contributed by atoms with Crippen LogP contribution in [0.1, 0.15) is 16.9 Å². The Morgan fingerprint density at radius 1 is 1.06 bits per heavy atom. The lowest BCUT2D eigenvalue weighted by Gasteiger charge is -2.22. The number of aliphatic hydroxyl groups is 2. The quantitative estimate of drug-likeness (QED) is 0.0638. The number of benzene rings is 1. The number of phosphoric ester groups is 1. The summed E-state index contributed by atoms with van der Waals surface area (Å²) < 4.78 is 44.4. The molecule has 5 atom stereocenters. The highest BCUT2D eigenvalue weighted by molar-refractivity contribution is 7.66. The van der Waals surface area contributed by atoms with E-state index >= 15 is 0 Å². The summed E-state index contributed by atoms with van der Waals surface area (Å²) in [5, 5.41) is 31.8. The molecule has 0 amide bonds. The van der Waals surface area contributed by atoms with E-state index in [1.165, 1.54) is 6.07 Å². The third-order valence-corrected chi connectivity index (χ3v) is 7.59. The van der Waals surface area contributed by atoms with Crippen LogP contribution < -0.4 is 0 Å². The summed E-state index contributed by atoms with van der Waals surface area (Å²) in [5.74, 6) is -0.807. The van der Waals surface area contributed by atoms with Gasteiger partial charge < -0.3 is 34.8 Å². The molecule has 7 N–H and O–H groups in total. The second-order valence-electron chi connectivity index (χ2n) is 6.33. The summed E-state index contributed by atoms with van der Waals surface area (Å²) in [6, 6.07) is 8.08. The molecule has 0 aliphatic carbocycles. The SMILES string of the molecule is O=C(CC(O)C(O)C(OP(=O)(O)OP(=O)(O)OP(=O)(O)O)[N+](=O)[O-])c1cc2ccccc2[nH]1. The first kappa shape index (κ1) is 27.4. The molecule has 2 rings (SSSR count). The smallest absolute Gasteiger partial charge is 0.390 e. The zero-order valence-corrected chi connectivity index (χ0v) is 18.7. The van der Waals surface area contributed by atoms with Gasteiger partial charge in [-0.1, -0.05) is 18.2 Å². The Labute approximate surface area is 183 Å². The minimum Gasteiger partial charge on any atom is -0.390 e. The number of nitrogens with one attached hydrogen (secondary N) is 1. The van der Waals surface area contributed by atoms with E-state index in [0.717, 1.165) is 0 Å². The Hall–Kier alpha value is -1.84. The molecule has 0 saturated carbocycles. The fraction of sp³-hybridized carbons (Fsp3) is 0.308. The largest absolute Gasteiger partial charge is 0.490 e. The average Bonchev–Trinajstić information content (AvgIpc) is 3.06. The zero-order chi connectivity index (χ0) is 25.2. The Morgan fingerprint density at radius 2 is 1.67 bits per heavy atom. The monoisotopic (exact) mass is 534 g/mol. The molecule has 0 radical (unpaired) electrons. The molecular weight excluding hydrogens is 517 g/mol. The Balaban J connectivity index is 2.11. The van der Waals surface area contributed by atoms with Crippen LogP contribution in [-0.2, 0) is 26.8 Å². The molecule has 2 aromatic rings. The van der Waals surface area contributed by atoms with Crippen molar-refractivity contribution in [1.82, 2.24) is 4.98 Å². The number of Topliss-reactive ketones (excluding diaryl/α,β-unsaturated/α-hetero) is 1. The van der Waals surface area contributed by atoms with Crippen LogP contribution >= 0.6 is 23.5 Å². The first-order valence-corrected chi connectivity index (χ1v) is 12.9. The fourth-order valence-corrected chi connectivity index (χ4v) is 5.63. The molecule has 0 spiro atoms. The molecule has 0 fully saturated rings. The maximum atomic E-state index is 12.3. The van der Waals surface area contributed by atoms with Gasteiger partial charge in [0.05, 0.1) is 16.7 Å². The molecule has 1 aromatic heterocycles. The second-order valence-corrected chi connectivity index (χ2v) is 10.7. The van der Waals surface area contributed by atoms with E-state index in [1.54, 1.807) is 24.3 Å². The summed E-state index contributed by atoms with van der Waals surface area (Å²) in [4.78, 5) is 60.0. The number of aromatic nitrogens is 1. The van der Waals surface area contributed by atoms with Gasteiger partial charge in [-0.25, -0.2) is 18.2 Å². The number of ketones is 1. The molecule has 0 aliphatic rings. The maximum absolute atomic E-state index is 12.3. The molecule has 184 valence electrons. The molecule has 33 heavy (non-hydrogen) atoms. The normalized spacial score (nSPS) is 18.7. The first-order valence-electron chi connectivity index (χ1n) is 8.42. The van der Waals surface area contributed by atoms with Crippen LogP contribution in [0.15, 0.2) is 30.3 Å². The molecule has 0 bridgehead atoms. The number of carbonyl (C=O) groups excluding carboxylic acids is 1. The number of fused-ring (bicyclic) bond motifs is 1. The van der Waals surface area contributed by atoms with Crippen molar-refractivity contribution in [3.63, 3.8) is 0 Å². The summed E-state index contributed by atoms with van der Waals surface area (Å²) in [6.45, 7) is 0. The standard InChI is InChI=1S/C13H17N2O15P3/c16-10(9-5-7-3-1-2-4-8(7)14-9)6-11(17)12(18)13(15(19)20)28-32(24,25)30-33(26,27)29-31(21,22)23/h1-5,11-14,17-18H,6H2,(H,24,25)(H,26,27)(H2,21,22,23). The van der Waals surface area contributed by atoms with Gasteiger partial charge in [0.25, 0.3) is 0 Å². The summed E-state index contributed by atoms with van der Waals surface area (Å²) in [5.41, 5.74) is 0.541. The molecule has 17 nitrogen and oxygen atoms in total. The average molecular weight is 534 g/mol. The van der Waals surface area contributed by atoms with Crippen molar-refractivity contribution in [2.75, 3.05) is 0 Å². The van der Waals surface area contributed by atoms with Crippen molar-refractivity contribution < 1.29 is 66.3 Å². The van der Waals surface area contributed by atoms with Crippen molar-refractivity contribution in [1.29, 1.82) is 0 Å². The summed E-state index contributed by atoms with van der Waals surface area (Å²) in [6.07, 6.45) is -8.77. The summed E-state index contributed by atoms with van der Waals surface area (Å²) in [7, 11) is -17.7. The predicted octanol–water partition coefficient (Wildman–Crippen LogP) is 0.409. The highest BCUT2D eigenvalue weighted by Crippen LogP contribution is 2.66. The van der Waals surface area contributed by atoms with Crippen molar-refractivity contribution in [2.24, 2.45) is 0 Å². The van der Waals surface area contributed by atoms with Crippen LogP contribution in [-0.4, -0.2) is 63.9 Å². The lowest BCUT2D eigenvalue weighted by Crippen LogP contribution is -2.44. The van der Waals surface area contributed by atoms with Crippen LogP contribution in [0.3, 0.4) is 0 Å². The third-order valence-electron chi connectivity index (χ3n) is 3.78. The van der Waals surface area contributed by atoms with E-state index < -0.39 is 59.0 Å². The van der Waals surface area contributed by atoms with E-state index in [0.29, 0.717) is 10.9 Å². The minimum atomic E-state index is -6.00. The Morgan fingerprint density at radius 3 is 2.21 bits per heavy atom. The topological polar surface area (TPSA) is 276 Å². The number of carbonyl (C=O) groups is 1. The number of rotatable bonds is 12. The first-order chi connectivity index (χ1) is 15.0. The summed E-state index contributed by atoms with van der Waals surface area (Å²) >= 11 is 0. The van der Waals surface area contributed by atoms with Crippen molar-refractivity contribution in [3.8, 4) is 0 Å². The molecular formula is C13H17N2O15P3. The number of aliphatic hydroxyl groups excluding tert-OH is 2. The van der Waals surface area contributed by atoms with Gasteiger partial charge in [-0.15, -0.1) is 0 Å². The number of phosphoric acid groups is 3. The number of aromatic amines is 1. The Kier molecular flexibility index (Phi) is 8.46. The fourth-order valence-electron chi connectivity index (χ4n) is 2.50. The molecule has 20 heteroatoms. The van der Waals surface area contributed by atoms with Crippen LogP contribution in [0.25, 0.3) is 10.9 Å². The van der Waals surface area contributed by atoms with E-state index in [4.69, 9.17) is 14.7 Å². The zero-order valence-electron chi connectivity index (χ0n) is 16.0. The van der Waals surface area contributed by atoms with Gasteiger partial charge in [0.2, 0.25) is 0 Å². The van der Waals surface area contributed by atoms with Crippen molar-refractivity contribution in [3.05, 3.63) is 46.1 Å². The minimum absolute atomic E-state index is 0.0204. The second kappa shape index (κ2) is 10.2. The molecule has 5 unspecified atom stereocenters. The molecule has 1 heterocycles. The van der Waals surface area contributed by atoms with Crippen LogP contribution in [0, 0.1) is 10.1 Å². The van der Waals surface area contributed by atoms with Gasteiger partial charge in [-0.3, -0.25) is 14.9 Å². The van der Waals surface area contributed by atoms with Gasteiger partial charge in [-0.05, 0) is 12.1 Å². The number of H-pyrrole nitrogens is 1. The van der Waals surface area contributed by atoms with Gasteiger partial charge in [0, 0.05) is 17.3 Å². The van der Waals surface area contributed by atoms with Gasteiger partial charge in [-0.2, -0.15) is 8.62 Å². The maximum Gasteiger partial charge on any atom is 0.490 e. The number of nitrogens with zero attached hydrogens (tertiary/aromatic N) is 1. The van der Waals surface area contributed by atoms with E-state index in [1.807, 2.05) is 0 Å². The predicted molar refractivity (Wildman–Crippen MR) is 105 cm³/mol. The number of hydrogen-bond acceptors (Lipinski definition) is 11. The van der Waals surface area contributed by atoms with Crippen molar-refractivity contribution >= 4 is 40.2 Å². The highest BCUT2D eigenvalue weighted by Gasteiger charge is 2.47. The van der Waals surface area contributed by atoms with Crippen molar-refractivity contribution in [2.45, 2.75) is 24.9 Å². The third kappa shape index (κ3) is 8.15. The van der Waals surface area contributed by atoms with Gasteiger partial charge in [0.1, 0.15) is 0 Å². The van der Waals surface area contributed by atoms with Crippen LogP contribution in [0.5, 0.6) is 0 Å². The lowest BCUT2D eigenvalue weighted by molar-refractivity contribution is -0.579. The number of para-hydroxylation sites is 1. The van der Waals surface area contributed by atoms with Gasteiger partial charge in [0.15, 0.2) is 11.9 Å². The van der Waals surface area contributed by atoms with E-state index in [2.05, 4.69) is 18.1 Å². The van der Waals surface area contributed by atoms with Gasteiger partial charge >= 0.3 is 29.7 Å². The molecule has 0 aliphatic heterocycles. The van der Waals surface area contributed by atoms with E-state index in [-0.39, 0.29) is 5.69 Å². The van der Waals surface area contributed by atoms with Crippen LogP contribution in [0.4, 0.5) is 0 Å². The van der Waals surface area contributed by atoms with E-state index in [9.17, 15) is 43.7 Å². The molecule has 1 aromatic carbocycles. The lowest BCUT2D eigenvalue weighted by atomic mass is 10.0. The highest BCUT2D eigenvalue weighted by atomic mass is 31.3. The van der Waals surface area contributed by atoms with Crippen LogP contribution in [0.2, 0.25) is 0 Å². The molecule has 0 saturated heterocycles.